The van der Waals surface area contributed by atoms with E-state index in [2.05, 4.69) is 26.6 Å². The highest BCUT2D eigenvalue weighted by molar-refractivity contribution is 9.10. The van der Waals surface area contributed by atoms with Crippen LogP contribution in [0.2, 0.25) is 5.02 Å². The molecule has 2 aromatic rings. The van der Waals surface area contributed by atoms with Crippen molar-refractivity contribution in [1.29, 1.82) is 0 Å². The van der Waals surface area contributed by atoms with Gasteiger partial charge in [-0.15, -0.1) is 0 Å². The van der Waals surface area contributed by atoms with Crippen molar-refractivity contribution in [1.82, 2.24) is 0 Å². The van der Waals surface area contributed by atoms with Gasteiger partial charge in [0.2, 0.25) is 5.91 Å². The largest absolute Gasteiger partial charge is 0.495 e. The third-order valence-electron chi connectivity index (χ3n) is 2.73. The van der Waals surface area contributed by atoms with Crippen molar-refractivity contribution in [3.63, 3.8) is 0 Å². The maximum Gasteiger partial charge on any atom is 0.243 e. The van der Waals surface area contributed by atoms with Crippen molar-refractivity contribution < 1.29 is 9.53 Å². The van der Waals surface area contributed by atoms with Gasteiger partial charge in [-0.3, -0.25) is 4.79 Å². The van der Waals surface area contributed by atoms with E-state index >= 15 is 0 Å². The molecule has 0 fully saturated rings. The summed E-state index contributed by atoms with van der Waals surface area (Å²) < 4.78 is 6.17. The summed E-state index contributed by atoms with van der Waals surface area (Å²) in [7, 11) is 1.57. The number of carbonyl (C=O) groups is 1. The summed E-state index contributed by atoms with van der Waals surface area (Å²) in [5, 5.41) is 6.38. The van der Waals surface area contributed by atoms with Gasteiger partial charge in [-0.25, -0.2) is 0 Å². The lowest BCUT2D eigenvalue weighted by Gasteiger charge is -2.11. The molecule has 1 amide bonds. The first-order chi connectivity index (χ1) is 10.1. The number of benzene rings is 2. The van der Waals surface area contributed by atoms with Crippen LogP contribution in [0, 0.1) is 0 Å². The first-order valence-corrected chi connectivity index (χ1v) is 7.38. The number of hydrogen-bond acceptors (Lipinski definition) is 3. The van der Waals surface area contributed by atoms with Crippen LogP contribution in [0.1, 0.15) is 0 Å². The number of rotatable bonds is 5. The van der Waals surface area contributed by atoms with Gasteiger partial charge in [0.15, 0.2) is 0 Å². The van der Waals surface area contributed by atoms with E-state index in [9.17, 15) is 4.79 Å². The number of amides is 1. The first-order valence-electron chi connectivity index (χ1n) is 6.21. The quantitative estimate of drug-likeness (QED) is 0.832. The van der Waals surface area contributed by atoms with E-state index in [0.29, 0.717) is 16.5 Å². The summed E-state index contributed by atoms with van der Waals surface area (Å²) in [4.78, 5) is 11.9. The smallest absolute Gasteiger partial charge is 0.243 e. The van der Waals surface area contributed by atoms with E-state index in [1.54, 1.807) is 25.3 Å². The molecule has 0 spiro atoms. The average molecular weight is 370 g/mol. The molecule has 0 aliphatic carbocycles. The molecule has 0 aliphatic rings. The number of hydrogen-bond donors (Lipinski definition) is 2. The summed E-state index contributed by atoms with van der Waals surface area (Å²) in [6, 6.07) is 12.6. The Labute approximate surface area is 136 Å². The summed E-state index contributed by atoms with van der Waals surface area (Å²) in [5.74, 6) is 0.482. The average Bonchev–Trinajstić information content (AvgIpc) is 2.48. The van der Waals surface area contributed by atoms with Crippen LogP contribution < -0.4 is 15.4 Å². The molecule has 2 N–H and O–H groups in total. The van der Waals surface area contributed by atoms with Crippen LogP contribution in [0.3, 0.4) is 0 Å². The molecule has 0 aliphatic heterocycles. The fourth-order valence-electron chi connectivity index (χ4n) is 1.73. The van der Waals surface area contributed by atoms with Gasteiger partial charge in [0.1, 0.15) is 5.75 Å². The molecule has 0 heterocycles. The van der Waals surface area contributed by atoms with Gasteiger partial charge in [0.05, 0.1) is 19.3 Å². The van der Waals surface area contributed by atoms with Gasteiger partial charge in [0.25, 0.3) is 0 Å². The lowest BCUT2D eigenvalue weighted by molar-refractivity contribution is -0.114. The lowest BCUT2D eigenvalue weighted by Crippen LogP contribution is -2.21. The van der Waals surface area contributed by atoms with Crippen LogP contribution in [0.5, 0.6) is 5.75 Å². The molecular formula is C15H14BrClN2O2. The molecule has 0 atom stereocenters. The van der Waals surface area contributed by atoms with Crippen LogP contribution in [-0.4, -0.2) is 19.6 Å². The van der Waals surface area contributed by atoms with Gasteiger partial charge in [-0.2, -0.15) is 0 Å². The van der Waals surface area contributed by atoms with Gasteiger partial charge in [0, 0.05) is 15.2 Å². The minimum Gasteiger partial charge on any atom is -0.495 e. The number of carbonyl (C=O) groups excluding carboxylic acids is 1. The molecule has 0 unspecified atom stereocenters. The minimum absolute atomic E-state index is 0.118. The van der Waals surface area contributed by atoms with Gasteiger partial charge in [-0.05, 0) is 42.5 Å². The number of nitrogens with one attached hydrogen (secondary N) is 2. The Kier molecular flexibility index (Phi) is 5.47. The molecule has 2 aromatic carbocycles. The van der Waals surface area contributed by atoms with Crippen molar-refractivity contribution in [3.8, 4) is 5.75 Å². The Bertz CT molecular complexity index is 632. The topological polar surface area (TPSA) is 50.4 Å². The van der Waals surface area contributed by atoms with Crippen LogP contribution in [0.25, 0.3) is 0 Å². The predicted molar refractivity (Wildman–Crippen MR) is 89.3 cm³/mol. The summed E-state index contributed by atoms with van der Waals surface area (Å²) in [6.45, 7) is 0.118. The molecule has 110 valence electrons. The first kappa shape index (κ1) is 15.7. The molecule has 0 saturated heterocycles. The number of methoxy groups -OCH3 is 1. The number of anilines is 2. The second-order valence-electron chi connectivity index (χ2n) is 4.25. The molecule has 2 rings (SSSR count). The molecular weight excluding hydrogens is 356 g/mol. The Hall–Kier alpha value is -1.72. The van der Waals surface area contributed by atoms with E-state index in [-0.39, 0.29) is 12.5 Å². The summed E-state index contributed by atoms with van der Waals surface area (Å²) in [6.07, 6.45) is 0. The Morgan fingerprint density at radius 1 is 1.24 bits per heavy atom. The molecule has 0 radical (unpaired) electrons. The molecule has 0 bridgehead atoms. The van der Waals surface area contributed by atoms with Crippen molar-refractivity contribution in [2.24, 2.45) is 0 Å². The fraction of sp³-hybridized carbons (Fsp3) is 0.133. The highest BCUT2D eigenvalue weighted by Gasteiger charge is 2.06. The van der Waals surface area contributed by atoms with Crippen molar-refractivity contribution >= 4 is 44.8 Å². The van der Waals surface area contributed by atoms with E-state index in [1.165, 1.54) is 0 Å². The minimum atomic E-state index is -0.153. The van der Waals surface area contributed by atoms with E-state index in [1.807, 2.05) is 24.3 Å². The van der Waals surface area contributed by atoms with Gasteiger partial charge >= 0.3 is 0 Å². The van der Waals surface area contributed by atoms with E-state index < -0.39 is 0 Å². The molecule has 4 nitrogen and oxygen atoms in total. The number of halogens is 2. The van der Waals surface area contributed by atoms with E-state index in [0.717, 1.165) is 10.2 Å². The Morgan fingerprint density at radius 3 is 2.62 bits per heavy atom. The Balaban J connectivity index is 1.95. The van der Waals surface area contributed by atoms with Gasteiger partial charge < -0.3 is 15.4 Å². The van der Waals surface area contributed by atoms with Gasteiger partial charge in [-0.1, -0.05) is 27.5 Å². The van der Waals surface area contributed by atoms with Crippen molar-refractivity contribution in [2.45, 2.75) is 0 Å². The summed E-state index contributed by atoms with van der Waals surface area (Å²) >= 11 is 9.28. The molecule has 6 heteroatoms. The van der Waals surface area contributed by atoms with Crippen LogP contribution in [0.15, 0.2) is 46.9 Å². The van der Waals surface area contributed by atoms with Crippen molar-refractivity contribution in [2.75, 3.05) is 24.3 Å². The monoisotopic (exact) mass is 368 g/mol. The second-order valence-corrected chi connectivity index (χ2v) is 5.61. The zero-order chi connectivity index (χ0) is 15.2. The fourth-order valence-corrected chi connectivity index (χ4v) is 2.17. The zero-order valence-corrected chi connectivity index (χ0v) is 13.7. The standard InChI is InChI=1S/C15H14BrClN2O2/c1-21-14-7-4-11(17)8-13(14)18-9-15(20)19-12-5-2-10(16)3-6-12/h2-8,18H,9H2,1H3,(H,19,20). The maximum absolute atomic E-state index is 11.9. The second kappa shape index (κ2) is 7.33. The third-order valence-corrected chi connectivity index (χ3v) is 3.49. The van der Waals surface area contributed by atoms with Crippen molar-refractivity contribution in [3.05, 3.63) is 52.0 Å². The third kappa shape index (κ3) is 4.65. The predicted octanol–water partition coefficient (Wildman–Crippen LogP) is 4.16. The van der Waals surface area contributed by atoms with Crippen LogP contribution >= 0.6 is 27.5 Å². The highest BCUT2D eigenvalue weighted by atomic mass is 79.9. The van der Waals surface area contributed by atoms with Crippen LogP contribution in [0.4, 0.5) is 11.4 Å². The summed E-state index contributed by atoms with van der Waals surface area (Å²) in [5.41, 5.74) is 1.42. The van der Waals surface area contributed by atoms with Crippen LogP contribution in [-0.2, 0) is 4.79 Å². The number of ether oxygens (including phenoxy) is 1. The lowest BCUT2D eigenvalue weighted by atomic mass is 10.3. The Morgan fingerprint density at radius 2 is 1.95 bits per heavy atom. The normalized spacial score (nSPS) is 10.0. The molecule has 21 heavy (non-hydrogen) atoms. The van der Waals surface area contributed by atoms with E-state index in [4.69, 9.17) is 16.3 Å². The molecule has 0 aromatic heterocycles. The zero-order valence-electron chi connectivity index (χ0n) is 11.3. The SMILES string of the molecule is COc1ccc(Cl)cc1NCC(=O)Nc1ccc(Br)cc1. The maximum atomic E-state index is 11.9. The molecule has 0 saturated carbocycles. The highest BCUT2D eigenvalue weighted by Crippen LogP contribution is 2.27.